The van der Waals surface area contributed by atoms with Crippen LogP contribution in [0, 0.1) is 5.82 Å². The van der Waals surface area contributed by atoms with Gasteiger partial charge in [0, 0.05) is 31.3 Å². The summed E-state index contributed by atoms with van der Waals surface area (Å²) >= 11 is 1.13. The molecule has 0 bridgehead atoms. The van der Waals surface area contributed by atoms with E-state index in [9.17, 15) is 18.8 Å². The Kier molecular flexibility index (Phi) is 11.0. The number of carbonyl (C=O) groups is 2. The van der Waals surface area contributed by atoms with Crippen molar-refractivity contribution in [2.24, 2.45) is 0 Å². The minimum atomic E-state index is -0.399. The lowest BCUT2D eigenvalue weighted by Crippen LogP contribution is -2.25. The number of ether oxygens (including phenoxy) is 4. The molecule has 0 saturated heterocycles. The predicted molar refractivity (Wildman–Crippen MR) is 173 cm³/mol. The Hall–Kier alpha value is -4.78. The van der Waals surface area contributed by atoms with Crippen molar-refractivity contribution in [1.29, 1.82) is 0 Å². The standard InChI is InChI=1S/C33H35FN4O7S/c1-42-26-12-7-21(16-27(26)43-2)13-14-35-30(39)6-4-3-5-15-38-32(41)24-17-28-29(45-20-44-28)18-25(24)37-33(38)46-19-31(40)36-23-10-8-22(34)9-11-23/h7-12,16-18H,3-6,13-15,19-20H2,1-2H3,(H,35,39)(H,36,40). The number of aromatic nitrogens is 2. The Balaban J connectivity index is 1.15. The summed E-state index contributed by atoms with van der Waals surface area (Å²) in [6.07, 6.45) is 3.02. The zero-order valence-electron chi connectivity index (χ0n) is 25.6. The number of methoxy groups -OCH3 is 2. The van der Waals surface area contributed by atoms with Crippen LogP contribution in [-0.2, 0) is 22.6 Å². The first-order valence-corrected chi connectivity index (χ1v) is 15.8. The summed E-state index contributed by atoms with van der Waals surface area (Å²) in [7, 11) is 3.17. The molecule has 0 unspecified atom stereocenters. The fourth-order valence-corrected chi connectivity index (χ4v) is 5.79. The maximum Gasteiger partial charge on any atom is 0.262 e. The van der Waals surface area contributed by atoms with E-state index in [0.29, 0.717) is 89.9 Å². The third-order valence-electron chi connectivity index (χ3n) is 7.34. The summed E-state index contributed by atoms with van der Waals surface area (Å²) in [5.74, 6) is 1.52. The second-order valence-electron chi connectivity index (χ2n) is 10.5. The third-order valence-corrected chi connectivity index (χ3v) is 8.32. The van der Waals surface area contributed by atoms with Gasteiger partial charge in [0.05, 0.1) is 30.9 Å². The van der Waals surface area contributed by atoms with E-state index in [-0.39, 0.29) is 29.9 Å². The molecule has 1 aliphatic heterocycles. The van der Waals surface area contributed by atoms with Gasteiger partial charge in [0.25, 0.3) is 5.56 Å². The Bertz CT molecular complexity index is 1760. The van der Waals surface area contributed by atoms with E-state index in [1.54, 1.807) is 30.9 Å². The first kappa shape index (κ1) is 32.6. The van der Waals surface area contributed by atoms with Crippen LogP contribution in [0.15, 0.2) is 64.5 Å². The fourth-order valence-electron chi connectivity index (χ4n) is 4.96. The highest BCUT2D eigenvalue weighted by molar-refractivity contribution is 7.99. The van der Waals surface area contributed by atoms with Crippen molar-refractivity contribution in [3.05, 3.63) is 76.3 Å². The number of halogens is 1. The molecule has 46 heavy (non-hydrogen) atoms. The molecule has 4 aromatic rings. The Morgan fingerprint density at radius 1 is 0.957 bits per heavy atom. The van der Waals surface area contributed by atoms with E-state index >= 15 is 0 Å². The molecular formula is C33H35FN4O7S. The minimum Gasteiger partial charge on any atom is -0.493 e. The van der Waals surface area contributed by atoms with E-state index in [1.165, 1.54) is 24.3 Å². The number of nitrogens with zero attached hydrogens (tertiary/aromatic N) is 2. The summed E-state index contributed by atoms with van der Waals surface area (Å²) in [5, 5.41) is 6.45. The number of nitrogens with one attached hydrogen (secondary N) is 2. The van der Waals surface area contributed by atoms with E-state index in [0.717, 1.165) is 17.3 Å². The quantitative estimate of drug-likeness (QED) is 0.105. The zero-order valence-corrected chi connectivity index (χ0v) is 26.4. The molecule has 242 valence electrons. The van der Waals surface area contributed by atoms with Crippen molar-refractivity contribution in [2.75, 3.05) is 38.6 Å². The molecule has 2 N–H and O–H groups in total. The number of hydrogen-bond donors (Lipinski definition) is 2. The molecule has 0 radical (unpaired) electrons. The number of thioether (sulfide) groups is 1. The molecular weight excluding hydrogens is 615 g/mol. The lowest BCUT2D eigenvalue weighted by atomic mass is 10.1. The largest absolute Gasteiger partial charge is 0.493 e. The molecule has 1 aliphatic rings. The van der Waals surface area contributed by atoms with Gasteiger partial charge in [-0.25, -0.2) is 9.37 Å². The number of rotatable bonds is 15. The average Bonchev–Trinajstić information content (AvgIpc) is 3.52. The smallest absolute Gasteiger partial charge is 0.262 e. The Labute approximate surface area is 269 Å². The van der Waals surface area contributed by atoms with Crippen LogP contribution < -0.4 is 35.1 Å². The third kappa shape index (κ3) is 8.27. The number of carbonyl (C=O) groups excluding carboxylic acids is 2. The summed E-state index contributed by atoms with van der Waals surface area (Å²) in [6.45, 7) is 0.925. The van der Waals surface area contributed by atoms with Gasteiger partial charge in [0.2, 0.25) is 18.6 Å². The molecule has 2 amide bonds. The van der Waals surface area contributed by atoms with E-state index in [2.05, 4.69) is 10.6 Å². The van der Waals surface area contributed by atoms with Crippen LogP contribution in [0.5, 0.6) is 23.0 Å². The molecule has 3 aromatic carbocycles. The highest BCUT2D eigenvalue weighted by Gasteiger charge is 2.20. The fraction of sp³-hybridized carbons (Fsp3) is 0.333. The Morgan fingerprint density at radius 2 is 1.72 bits per heavy atom. The molecule has 0 fully saturated rings. The average molecular weight is 651 g/mol. The number of anilines is 1. The number of benzene rings is 3. The van der Waals surface area contributed by atoms with Gasteiger partial charge in [-0.3, -0.25) is 19.0 Å². The second kappa shape index (κ2) is 15.5. The van der Waals surface area contributed by atoms with Crippen molar-refractivity contribution in [2.45, 2.75) is 43.8 Å². The van der Waals surface area contributed by atoms with Crippen LogP contribution in [0.1, 0.15) is 31.2 Å². The maximum atomic E-state index is 13.6. The summed E-state index contributed by atoms with van der Waals surface area (Å²) in [4.78, 5) is 43.4. The zero-order chi connectivity index (χ0) is 32.5. The van der Waals surface area contributed by atoms with Crippen LogP contribution in [0.3, 0.4) is 0 Å². The van der Waals surface area contributed by atoms with Crippen molar-refractivity contribution in [3.63, 3.8) is 0 Å². The molecule has 0 saturated carbocycles. The SMILES string of the molecule is COc1ccc(CCNC(=O)CCCCCn2c(SCC(=O)Nc3ccc(F)cc3)nc3cc4c(cc3c2=O)OCO4)cc1OC. The highest BCUT2D eigenvalue weighted by Crippen LogP contribution is 2.35. The number of fused-ring (bicyclic) bond motifs is 2. The van der Waals surface area contributed by atoms with E-state index in [4.69, 9.17) is 23.9 Å². The van der Waals surface area contributed by atoms with Gasteiger partial charge in [0.1, 0.15) is 5.82 Å². The second-order valence-corrected chi connectivity index (χ2v) is 11.5. The highest BCUT2D eigenvalue weighted by atomic mass is 32.2. The van der Waals surface area contributed by atoms with Gasteiger partial charge in [-0.1, -0.05) is 24.2 Å². The molecule has 0 atom stereocenters. The van der Waals surface area contributed by atoms with Crippen LogP contribution in [0.2, 0.25) is 0 Å². The van der Waals surface area contributed by atoms with Crippen molar-refractivity contribution >= 4 is 40.2 Å². The monoisotopic (exact) mass is 650 g/mol. The molecule has 2 heterocycles. The van der Waals surface area contributed by atoms with Crippen LogP contribution in [0.4, 0.5) is 10.1 Å². The first-order valence-electron chi connectivity index (χ1n) is 14.8. The van der Waals surface area contributed by atoms with Crippen molar-refractivity contribution in [3.8, 4) is 23.0 Å². The lowest BCUT2D eigenvalue weighted by Gasteiger charge is -2.14. The topological polar surface area (TPSA) is 130 Å². The van der Waals surface area contributed by atoms with Crippen LogP contribution in [0.25, 0.3) is 10.9 Å². The van der Waals surface area contributed by atoms with Gasteiger partial charge in [-0.2, -0.15) is 0 Å². The van der Waals surface area contributed by atoms with Gasteiger partial charge in [-0.05, 0) is 67.3 Å². The summed E-state index contributed by atoms with van der Waals surface area (Å²) in [5.41, 5.74) is 1.68. The molecule has 5 rings (SSSR count). The Morgan fingerprint density at radius 3 is 2.48 bits per heavy atom. The molecule has 0 aliphatic carbocycles. The van der Waals surface area contributed by atoms with E-state index < -0.39 is 5.82 Å². The van der Waals surface area contributed by atoms with Crippen molar-refractivity contribution < 1.29 is 32.9 Å². The predicted octanol–water partition coefficient (Wildman–Crippen LogP) is 4.93. The van der Waals surface area contributed by atoms with E-state index in [1.807, 2.05) is 18.2 Å². The maximum absolute atomic E-state index is 13.6. The minimum absolute atomic E-state index is 0.0106. The number of hydrogen-bond acceptors (Lipinski definition) is 9. The summed E-state index contributed by atoms with van der Waals surface area (Å²) < 4.78 is 36.3. The molecule has 11 nitrogen and oxygen atoms in total. The first-order chi connectivity index (χ1) is 22.3. The normalized spacial score (nSPS) is 11.8. The molecule has 1 aromatic heterocycles. The number of amides is 2. The lowest BCUT2D eigenvalue weighted by molar-refractivity contribution is -0.121. The number of unbranched alkanes of at least 4 members (excludes halogenated alkanes) is 2. The van der Waals surface area contributed by atoms with Gasteiger partial charge in [-0.15, -0.1) is 0 Å². The van der Waals surface area contributed by atoms with Crippen molar-refractivity contribution in [1.82, 2.24) is 14.9 Å². The van der Waals surface area contributed by atoms with Gasteiger partial charge >= 0.3 is 0 Å². The molecule has 13 heteroatoms. The van der Waals surface area contributed by atoms with Gasteiger partial charge < -0.3 is 29.6 Å². The van der Waals surface area contributed by atoms with Gasteiger partial charge in [0.15, 0.2) is 28.2 Å². The van der Waals surface area contributed by atoms with Crippen LogP contribution >= 0.6 is 11.8 Å². The van der Waals surface area contributed by atoms with Crippen LogP contribution in [-0.4, -0.2) is 54.7 Å². The molecule has 0 spiro atoms. The summed E-state index contributed by atoms with van der Waals surface area (Å²) in [6, 6.07) is 14.4.